The first-order valence-corrected chi connectivity index (χ1v) is 10.1. The molecule has 0 unspecified atom stereocenters. The maximum Gasteiger partial charge on any atom is 0.136 e. The van der Waals surface area contributed by atoms with Crippen LogP contribution in [-0.4, -0.2) is 61.2 Å². The number of benzene rings is 1. The molecule has 1 aromatic heterocycles. The summed E-state index contributed by atoms with van der Waals surface area (Å²) >= 11 is 0. The Bertz CT molecular complexity index is 746. The molecular weight excluding hydrogens is 336 g/mol. The first-order valence-electron chi connectivity index (χ1n) is 10.1. The highest BCUT2D eigenvalue weighted by Gasteiger charge is 2.17. The largest absolute Gasteiger partial charge is 0.372 e. The van der Waals surface area contributed by atoms with Crippen LogP contribution in [0.3, 0.4) is 0 Å². The fourth-order valence-corrected chi connectivity index (χ4v) is 3.87. The molecule has 2 aromatic rings. The lowest BCUT2D eigenvalue weighted by Crippen LogP contribution is -2.44. The summed E-state index contributed by atoms with van der Waals surface area (Å²) in [5.74, 6) is 2.68. The SMILES string of the molecule is Cc1nc(Nc2ccc(N3CCCCC3)cc2)cc(N2CCN(C)CC2)n1. The molecule has 2 aliphatic heterocycles. The van der Waals surface area contributed by atoms with E-state index in [0.29, 0.717) is 0 Å². The van der Waals surface area contributed by atoms with Crippen molar-refractivity contribution in [1.82, 2.24) is 14.9 Å². The van der Waals surface area contributed by atoms with E-state index in [1.165, 1.54) is 38.0 Å². The second-order valence-corrected chi connectivity index (χ2v) is 7.67. The van der Waals surface area contributed by atoms with Gasteiger partial charge in [0.1, 0.15) is 17.5 Å². The molecule has 0 aliphatic carbocycles. The molecule has 1 N–H and O–H groups in total. The maximum atomic E-state index is 4.65. The average Bonchev–Trinajstić information content (AvgIpc) is 2.69. The Morgan fingerprint density at radius 1 is 0.815 bits per heavy atom. The molecule has 1 aromatic carbocycles. The summed E-state index contributed by atoms with van der Waals surface area (Å²) in [7, 11) is 2.17. The zero-order valence-corrected chi connectivity index (χ0v) is 16.5. The van der Waals surface area contributed by atoms with Gasteiger partial charge >= 0.3 is 0 Å². The van der Waals surface area contributed by atoms with Crippen LogP contribution < -0.4 is 15.1 Å². The van der Waals surface area contributed by atoms with Crippen molar-refractivity contribution in [2.45, 2.75) is 26.2 Å². The van der Waals surface area contributed by atoms with Crippen LogP contribution in [0, 0.1) is 6.92 Å². The van der Waals surface area contributed by atoms with E-state index >= 15 is 0 Å². The Labute approximate surface area is 162 Å². The fourth-order valence-electron chi connectivity index (χ4n) is 3.87. The minimum atomic E-state index is 0.805. The van der Waals surface area contributed by atoms with E-state index in [9.17, 15) is 0 Å². The van der Waals surface area contributed by atoms with Crippen molar-refractivity contribution in [3.05, 3.63) is 36.2 Å². The lowest BCUT2D eigenvalue weighted by atomic mass is 10.1. The standard InChI is InChI=1S/C21H30N6/c1-17-22-20(16-21(23-17)27-14-12-25(2)13-15-27)24-18-6-8-19(9-7-18)26-10-4-3-5-11-26/h6-9,16H,3-5,10-15H2,1-2H3,(H,22,23,24). The second kappa shape index (κ2) is 8.13. The van der Waals surface area contributed by atoms with Crippen molar-refractivity contribution in [3.8, 4) is 0 Å². The van der Waals surface area contributed by atoms with Crippen molar-refractivity contribution in [2.24, 2.45) is 0 Å². The third kappa shape index (κ3) is 4.50. The summed E-state index contributed by atoms with van der Waals surface area (Å²) in [5.41, 5.74) is 2.38. The van der Waals surface area contributed by atoms with Crippen LogP contribution in [0.4, 0.5) is 23.0 Å². The minimum absolute atomic E-state index is 0.805. The number of nitrogens with zero attached hydrogens (tertiary/aromatic N) is 5. The summed E-state index contributed by atoms with van der Waals surface area (Å²) in [6.45, 7) is 8.48. The minimum Gasteiger partial charge on any atom is -0.372 e. The van der Waals surface area contributed by atoms with Gasteiger partial charge in [-0.2, -0.15) is 0 Å². The molecule has 0 radical (unpaired) electrons. The van der Waals surface area contributed by atoms with Gasteiger partial charge in [0, 0.05) is 56.7 Å². The normalized spacial score (nSPS) is 18.6. The van der Waals surface area contributed by atoms with E-state index in [4.69, 9.17) is 0 Å². The molecule has 2 saturated heterocycles. The van der Waals surface area contributed by atoms with Gasteiger partial charge in [-0.3, -0.25) is 0 Å². The monoisotopic (exact) mass is 366 g/mol. The van der Waals surface area contributed by atoms with Crippen molar-refractivity contribution >= 4 is 23.0 Å². The summed E-state index contributed by atoms with van der Waals surface area (Å²) in [6, 6.07) is 10.8. The molecule has 2 aliphatic rings. The predicted molar refractivity (Wildman–Crippen MR) is 112 cm³/mol. The van der Waals surface area contributed by atoms with Crippen LogP contribution in [0.1, 0.15) is 25.1 Å². The predicted octanol–water partition coefficient (Wildman–Crippen LogP) is 3.27. The first-order chi connectivity index (χ1) is 13.2. The van der Waals surface area contributed by atoms with Gasteiger partial charge in [0.25, 0.3) is 0 Å². The summed E-state index contributed by atoms with van der Waals surface area (Å²) in [4.78, 5) is 16.4. The number of aryl methyl sites for hydroxylation is 1. The lowest BCUT2D eigenvalue weighted by Gasteiger charge is -2.33. The summed E-state index contributed by atoms with van der Waals surface area (Å²) in [6.07, 6.45) is 3.96. The van der Waals surface area contributed by atoms with Crippen molar-refractivity contribution < 1.29 is 0 Å². The van der Waals surface area contributed by atoms with Gasteiger partial charge in [0.05, 0.1) is 0 Å². The zero-order chi connectivity index (χ0) is 18.6. The highest BCUT2D eigenvalue weighted by atomic mass is 15.3. The molecule has 3 heterocycles. The van der Waals surface area contributed by atoms with Gasteiger partial charge in [-0.25, -0.2) is 9.97 Å². The van der Waals surface area contributed by atoms with Crippen molar-refractivity contribution in [3.63, 3.8) is 0 Å². The molecule has 0 spiro atoms. The number of aromatic nitrogens is 2. The van der Waals surface area contributed by atoms with E-state index in [1.54, 1.807) is 0 Å². The summed E-state index contributed by atoms with van der Waals surface area (Å²) < 4.78 is 0. The average molecular weight is 367 g/mol. The lowest BCUT2D eigenvalue weighted by molar-refractivity contribution is 0.312. The molecule has 0 saturated carbocycles. The third-order valence-electron chi connectivity index (χ3n) is 5.51. The van der Waals surface area contributed by atoms with Gasteiger partial charge in [-0.05, 0) is 57.5 Å². The van der Waals surface area contributed by atoms with Crippen molar-refractivity contribution in [1.29, 1.82) is 0 Å². The molecule has 0 atom stereocenters. The van der Waals surface area contributed by atoms with Crippen LogP contribution >= 0.6 is 0 Å². The van der Waals surface area contributed by atoms with E-state index < -0.39 is 0 Å². The van der Waals surface area contributed by atoms with Crippen LogP contribution in [0.2, 0.25) is 0 Å². The van der Waals surface area contributed by atoms with Crippen LogP contribution in [0.5, 0.6) is 0 Å². The van der Waals surface area contributed by atoms with E-state index in [-0.39, 0.29) is 0 Å². The number of piperidine rings is 1. The van der Waals surface area contributed by atoms with Gasteiger partial charge in [-0.15, -0.1) is 0 Å². The number of nitrogens with one attached hydrogen (secondary N) is 1. The van der Waals surface area contributed by atoms with Gasteiger partial charge in [0.15, 0.2) is 0 Å². The number of piperazine rings is 1. The second-order valence-electron chi connectivity index (χ2n) is 7.67. The first kappa shape index (κ1) is 18.0. The van der Waals surface area contributed by atoms with Crippen LogP contribution in [-0.2, 0) is 0 Å². The van der Waals surface area contributed by atoms with Crippen LogP contribution in [0.25, 0.3) is 0 Å². The fraction of sp³-hybridized carbons (Fsp3) is 0.524. The molecule has 2 fully saturated rings. The smallest absolute Gasteiger partial charge is 0.136 e. The van der Waals surface area contributed by atoms with E-state index in [2.05, 4.69) is 67.4 Å². The summed E-state index contributed by atoms with van der Waals surface area (Å²) in [5, 5.41) is 3.46. The van der Waals surface area contributed by atoms with Crippen LogP contribution in [0.15, 0.2) is 30.3 Å². The topological polar surface area (TPSA) is 47.5 Å². The zero-order valence-electron chi connectivity index (χ0n) is 16.5. The molecule has 27 heavy (non-hydrogen) atoms. The molecule has 144 valence electrons. The van der Waals surface area contributed by atoms with Gasteiger partial charge < -0.3 is 20.0 Å². The third-order valence-corrected chi connectivity index (χ3v) is 5.51. The molecule has 6 nitrogen and oxygen atoms in total. The molecular formula is C21H30N6. The Morgan fingerprint density at radius 3 is 2.22 bits per heavy atom. The number of anilines is 4. The molecule has 4 rings (SSSR count). The van der Waals surface area contributed by atoms with Gasteiger partial charge in [0.2, 0.25) is 0 Å². The highest BCUT2D eigenvalue weighted by Crippen LogP contribution is 2.24. The van der Waals surface area contributed by atoms with E-state index in [0.717, 1.165) is 49.3 Å². The Hall–Kier alpha value is -2.34. The quantitative estimate of drug-likeness (QED) is 0.896. The van der Waals surface area contributed by atoms with Crippen molar-refractivity contribution in [2.75, 3.05) is 61.4 Å². The van der Waals surface area contributed by atoms with Gasteiger partial charge in [-0.1, -0.05) is 0 Å². The number of hydrogen-bond acceptors (Lipinski definition) is 6. The van der Waals surface area contributed by atoms with E-state index in [1.807, 2.05) is 6.92 Å². The number of rotatable bonds is 4. The molecule has 0 amide bonds. The Morgan fingerprint density at radius 2 is 1.52 bits per heavy atom. The Kier molecular flexibility index (Phi) is 5.43. The molecule has 0 bridgehead atoms. The number of hydrogen-bond donors (Lipinski definition) is 1. The number of likely N-dealkylation sites (N-methyl/N-ethyl adjacent to an activating group) is 1. The maximum absolute atomic E-state index is 4.65. The molecule has 6 heteroatoms. The Balaban J connectivity index is 1.45. The highest BCUT2D eigenvalue weighted by molar-refractivity contribution is 5.63.